The van der Waals surface area contributed by atoms with Crippen LogP contribution < -0.4 is 0 Å². The van der Waals surface area contributed by atoms with Gasteiger partial charge >= 0.3 is 6.09 Å². The number of rotatable bonds is 2. The molecule has 0 saturated carbocycles. The van der Waals surface area contributed by atoms with E-state index in [2.05, 4.69) is 22.0 Å². The van der Waals surface area contributed by atoms with Gasteiger partial charge in [-0.05, 0) is 28.8 Å². The normalized spacial score (nSPS) is 13.2. The van der Waals surface area contributed by atoms with Crippen molar-refractivity contribution in [3.63, 3.8) is 0 Å². The van der Waals surface area contributed by atoms with Crippen molar-refractivity contribution >= 4 is 22.0 Å². The van der Waals surface area contributed by atoms with E-state index in [0.717, 1.165) is 10.0 Å². The molecule has 3 rings (SSSR count). The molecule has 1 amide bonds. The standard InChI is InChI=1S/C16H14BrNO2/c17-15-7-6-13-9-18(10-14(13)8-15)16(19)20-11-12-4-2-1-3-5-12/h1-8H,9-11H2. The van der Waals surface area contributed by atoms with Crippen LogP contribution in [0.25, 0.3) is 0 Å². The van der Waals surface area contributed by atoms with E-state index < -0.39 is 0 Å². The Labute approximate surface area is 126 Å². The zero-order valence-corrected chi connectivity index (χ0v) is 12.5. The topological polar surface area (TPSA) is 29.5 Å². The molecule has 0 bridgehead atoms. The number of carbonyl (C=O) groups is 1. The number of hydrogen-bond acceptors (Lipinski definition) is 2. The minimum absolute atomic E-state index is 0.263. The lowest BCUT2D eigenvalue weighted by Gasteiger charge is -2.15. The molecule has 3 nitrogen and oxygen atoms in total. The smallest absolute Gasteiger partial charge is 0.410 e. The van der Waals surface area contributed by atoms with E-state index in [9.17, 15) is 4.79 Å². The van der Waals surface area contributed by atoms with Crippen LogP contribution in [0.1, 0.15) is 16.7 Å². The van der Waals surface area contributed by atoms with Crippen LogP contribution in [0.15, 0.2) is 53.0 Å². The number of carbonyl (C=O) groups excluding carboxylic acids is 1. The number of benzene rings is 2. The highest BCUT2D eigenvalue weighted by molar-refractivity contribution is 9.10. The number of fused-ring (bicyclic) bond motifs is 1. The Morgan fingerprint density at radius 1 is 1.10 bits per heavy atom. The predicted molar refractivity (Wildman–Crippen MR) is 80.0 cm³/mol. The second-order valence-corrected chi connectivity index (χ2v) is 5.72. The van der Waals surface area contributed by atoms with Crippen molar-refractivity contribution in [2.75, 3.05) is 0 Å². The third-order valence-corrected chi connectivity index (χ3v) is 3.85. The lowest BCUT2D eigenvalue weighted by Crippen LogP contribution is -2.25. The minimum atomic E-state index is -0.263. The van der Waals surface area contributed by atoms with Gasteiger partial charge in [0, 0.05) is 17.6 Å². The second-order valence-electron chi connectivity index (χ2n) is 4.81. The van der Waals surface area contributed by atoms with E-state index in [1.807, 2.05) is 42.5 Å². The largest absolute Gasteiger partial charge is 0.445 e. The molecular formula is C16H14BrNO2. The van der Waals surface area contributed by atoms with Gasteiger partial charge in [0.05, 0.1) is 0 Å². The first-order chi connectivity index (χ1) is 9.72. The molecule has 0 aliphatic carbocycles. The Morgan fingerprint density at radius 2 is 1.85 bits per heavy atom. The molecular weight excluding hydrogens is 318 g/mol. The van der Waals surface area contributed by atoms with Gasteiger partial charge in [0.1, 0.15) is 6.61 Å². The first-order valence-corrected chi connectivity index (χ1v) is 7.24. The number of ether oxygens (including phenoxy) is 1. The van der Waals surface area contributed by atoms with Crippen LogP contribution in [0.2, 0.25) is 0 Å². The van der Waals surface area contributed by atoms with Gasteiger partial charge in [-0.15, -0.1) is 0 Å². The molecule has 1 heterocycles. The van der Waals surface area contributed by atoms with Gasteiger partial charge in [0.15, 0.2) is 0 Å². The fraction of sp³-hybridized carbons (Fsp3) is 0.188. The first-order valence-electron chi connectivity index (χ1n) is 6.45. The molecule has 0 radical (unpaired) electrons. The van der Waals surface area contributed by atoms with Gasteiger partial charge < -0.3 is 4.74 Å². The highest BCUT2D eigenvalue weighted by atomic mass is 79.9. The van der Waals surface area contributed by atoms with Crippen molar-refractivity contribution in [3.8, 4) is 0 Å². The van der Waals surface area contributed by atoms with Crippen molar-refractivity contribution in [2.45, 2.75) is 19.7 Å². The maximum absolute atomic E-state index is 12.1. The van der Waals surface area contributed by atoms with E-state index in [0.29, 0.717) is 19.7 Å². The molecule has 0 unspecified atom stereocenters. The molecule has 20 heavy (non-hydrogen) atoms. The molecule has 0 fully saturated rings. The van der Waals surface area contributed by atoms with Gasteiger partial charge in [-0.3, -0.25) is 4.90 Å². The first kappa shape index (κ1) is 13.2. The third-order valence-electron chi connectivity index (χ3n) is 3.35. The van der Waals surface area contributed by atoms with Gasteiger partial charge in [0.2, 0.25) is 0 Å². The van der Waals surface area contributed by atoms with Crippen molar-refractivity contribution in [2.24, 2.45) is 0 Å². The Kier molecular flexibility index (Phi) is 3.74. The maximum Gasteiger partial charge on any atom is 0.410 e. The van der Waals surface area contributed by atoms with Gasteiger partial charge in [0.25, 0.3) is 0 Å². The van der Waals surface area contributed by atoms with Crippen LogP contribution in [0.4, 0.5) is 4.79 Å². The zero-order valence-electron chi connectivity index (χ0n) is 10.9. The molecule has 1 aliphatic rings. The summed E-state index contributed by atoms with van der Waals surface area (Å²) in [5, 5.41) is 0. The van der Waals surface area contributed by atoms with Crippen molar-refractivity contribution in [1.82, 2.24) is 4.90 Å². The summed E-state index contributed by atoms with van der Waals surface area (Å²) >= 11 is 3.45. The molecule has 0 N–H and O–H groups in total. The van der Waals surface area contributed by atoms with E-state index >= 15 is 0 Å². The Hall–Kier alpha value is -1.81. The maximum atomic E-state index is 12.1. The molecule has 0 aromatic heterocycles. The Morgan fingerprint density at radius 3 is 2.65 bits per heavy atom. The average molecular weight is 332 g/mol. The summed E-state index contributed by atoms with van der Waals surface area (Å²) in [6, 6.07) is 15.8. The molecule has 1 aliphatic heterocycles. The second kappa shape index (κ2) is 5.67. The summed E-state index contributed by atoms with van der Waals surface area (Å²) in [5.74, 6) is 0. The summed E-state index contributed by atoms with van der Waals surface area (Å²) in [7, 11) is 0. The van der Waals surface area contributed by atoms with Crippen LogP contribution in [-0.2, 0) is 24.4 Å². The quantitative estimate of drug-likeness (QED) is 0.829. The van der Waals surface area contributed by atoms with E-state index in [4.69, 9.17) is 4.74 Å². The van der Waals surface area contributed by atoms with Crippen LogP contribution in [0.3, 0.4) is 0 Å². The number of nitrogens with zero attached hydrogens (tertiary/aromatic N) is 1. The SMILES string of the molecule is O=C(OCc1ccccc1)N1Cc2ccc(Br)cc2C1. The lowest BCUT2D eigenvalue weighted by atomic mass is 10.1. The summed E-state index contributed by atoms with van der Waals surface area (Å²) < 4.78 is 6.39. The van der Waals surface area contributed by atoms with Crippen LogP contribution in [-0.4, -0.2) is 11.0 Å². The van der Waals surface area contributed by atoms with Crippen LogP contribution in [0, 0.1) is 0 Å². The van der Waals surface area contributed by atoms with E-state index in [1.54, 1.807) is 4.90 Å². The van der Waals surface area contributed by atoms with Gasteiger partial charge in [-0.25, -0.2) is 4.79 Å². The number of amides is 1. The van der Waals surface area contributed by atoms with Gasteiger partial charge in [-0.1, -0.05) is 52.3 Å². The Bertz CT molecular complexity index is 628. The van der Waals surface area contributed by atoms with Crippen molar-refractivity contribution in [1.29, 1.82) is 0 Å². The van der Waals surface area contributed by atoms with E-state index in [-0.39, 0.29) is 6.09 Å². The van der Waals surface area contributed by atoms with Gasteiger partial charge in [-0.2, -0.15) is 0 Å². The molecule has 0 atom stereocenters. The zero-order chi connectivity index (χ0) is 13.9. The highest BCUT2D eigenvalue weighted by Gasteiger charge is 2.24. The summed E-state index contributed by atoms with van der Waals surface area (Å²) in [5.41, 5.74) is 3.36. The van der Waals surface area contributed by atoms with Crippen LogP contribution >= 0.6 is 15.9 Å². The summed E-state index contributed by atoms with van der Waals surface area (Å²) in [6.45, 7) is 1.55. The fourth-order valence-corrected chi connectivity index (χ4v) is 2.71. The minimum Gasteiger partial charge on any atom is -0.445 e. The third kappa shape index (κ3) is 2.85. The molecule has 2 aromatic carbocycles. The monoisotopic (exact) mass is 331 g/mol. The van der Waals surface area contributed by atoms with Crippen molar-refractivity contribution < 1.29 is 9.53 Å². The summed E-state index contributed by atoms with van der Waals surface area (Å²) in [6.07, 6.45) is -0.263. The number of halogens is 1. The Balaban J connectivity index is 1.60. The van der Waals surface area contributed by atoms with E-state index in [1.165, 1.54) is 11.1 Å². The summed E-state index contributed by atoms with van der Waals surface area (Å²) in [4.78, 5) is 13.8. The molecule has 0 saturated heterocycles. The fourth-order valence-electron chi connectivity index (χ4n) is 2.30. The van der Waals surface area contributed by atoms with Crippen LogP contribution in [0.5, 0.6) is 0 Å². The number of hydrogen-bond donors (Lipinski definition) is 0. The molecule has 102 valence electrons. The van der Waals surface area contributed by atoms with Crippen molar-refractivity contribution in [3.05, 3.63) is 69.7 Å². The molecule has 0 spiro atoms. The molecule has 4 heteroatoms. The molecule has 2 aromatic rings. The lowest BCUT2D eigenvalue weighted by molar-refractivity contribution is 0.0955. The highest BCUT2D eigenvalue weighted by Crippen LogP contribution is 2.26. The predicted octanol–water partition coefficient (Wildman–Crippen LogP) is 4.10. The average Bonchev–Trinajstić information content (AvgIpc) is 2.89.